The monoisotopic (exact) mass is 239 g/mol. The van der Waals surface area contributed by atoms with Gasteiger partial charge in [-0.05, 0) is 27.2 Å². The van der Waals surface area contributed by atoms with Crippen molar-refractivity contribution in [3.05, 3.63) is 4.91 Å². The summed E-state index contributed by atoms with van der Waals surface area (Å²) in [5.41, 5.74) is 0. The fourth-order valence-electron chi connectivity index (χ4n) is 1.12. The minimum atomic E-state index is -1.92. The summed E-state index contributed by atoms with van der Waals surface area (Å²) < 4.78 is 16.7. The lowest BCUT2D eigenvalue weighted by molar-refractivity contribution is 0.185. The molecule has 92 valence electrons. The van der Waals surface area contributed by atoms with Crippen molar-refractivity contribution in [3.8, 4) is 0 Å². The molecule has 0 heterocycles. The van der Waals surface area contributed by atoms with Crippen molar-refractivity contribution in [3.63, 3.8) is 0 Å². The summed E-state index contributed by atoms with van der Waals surface area (Å²) in [6, 6.07) is 0. The Balaban J connectivity index is 4.24. The zero-order valence-electron chi connectivity index (χ0n) is 9.73. The molecule has 0 N–H and O–H groups in total. The zero-order chi connectivity index (χ0) is 11.6. The highest BCUT2D eigenvalue weighted by atomic mass is 32.3. The van der Waals surface area contributed by atoms with Crippen LogP contribution in [0.4, 0.5) is 0 Å². The van der Waals surface area contributed by atoms with Crippen LogP contribution in [0.15, 0.2) is 5.18 Å². The lowest BCUT2D eigenvalue weighted by Crippen LogP contribution is -2.17. The largest absolute Gasteiger partial charge is 0.293 e. The normalized spacial score (nSPS) is 12.7. The predicted molar refractivity (Wildman–Crippen MR) is 62.6 cm³/mol. The molecule has 0 fully saturated rings. The van der Waals surface area contributed by atoms with Crippen LogP contribution >= 0.6 is 10.9 Å². The molecule has 0 spiro atoms. The molecule has 0 saturated carbocycles. The second-order valence-electron chi connectivity index (χ2n) is 2.69. The van der Waals surface area contributed by atoms with Gasteiger partial charge in [-0.15, -0.1) is 0 Å². The smallest absolute Gasteiger partial charge is 0.0887 e. The van der Waals surface area contributed by atoms with Crippen molar-refractivity contribution in [2.24, 2.45) is 5.18 Å². The third-order valence-electron chi connectivity index (χ3n) is 1.54. The first-order chi connectivity index (χ1) is 7.24. The van der Waals surface area contributed by atoms with Crippen LogP contribution in [-0.4, -0.2) is 32.1 Å². The molecule has 6 heteroatoms. The first-order valence-corrected chi connectivity index (χ1v) is 6.85. The Morgan fingerprint density at radius 3 is 1.80 bits per heavy atom. The molecule has 15 heavy (non-hydrogen) atoms. The van der Waals surface area contributed by atoms with E-state index >= 15 is 0 Å². The average molecular weight is 239 g/mol. The number of nitroso groups, excluding NO2 is 1. The molecule has 0 rings (SSSR count). The van der Waals surface area contributed by atoms with Crippen molar-refractivity contribution in [1.82, 2.24) is 0 Å². The van der Waals surface area contributed by atoms with E-state index in [1.165, 1.54) is 0 Å². The summed E-state index contributed by atoms with van der Waals surface area (Å²) in [6.45, 7) is 7.62. The van der Waals surface area contributed by atoms with E-state index in [9.17, 15) is 4.91 Å². The quantitative estimate of drug-likeness (QED) is 0.434. The summed E-state index contributed by atoms with van der Waals surface area (Å²) in [7, 11) is -1.92. The van der Waals surface area contributed by atoms with Gasteiger partial charge in [0.05, 0.1) is 37.2 Å². The Labute approximate surface area is 93.4 Å². The molecule has 0 atom stereocenters. The molecule has 0 aliphatic carbocycles. The molecule has 0 aliphatic heterocycles. The molecule has 0 aromatic carbocycles. The third-order valence-corrected chi connectivity index (χ3v) is 4.11. The number of hydrogen-bond acceptors (Lipinski definition) is 5. The van der Waals surface area contributed by atoms with Crippen LogP contribution in [-0.2, 0) is 12.5 Å². The molecule has 0 unspecified atom stereocenters. The zero-order valence-corrected chi connectivity index (χ0v) is 10.5. The minimum absolute atomic E-state index is 0.280. The van der Waals surface area contributed by atoms with Crippen molar-refractivity contribution < 1.29 is 12.5 Å². The van der Waals surface area contributed by atoms with Gasteiger partial charge in [0.2, 0.25) is 0 Å². The maximum absolute atomic E-state index is 10.0. The molecule has 0 saturated heterocycles. The van der Waals surface area contributed by atoms with Crippen LogP contribution in [0.3, 0.4) is 0 Å². The fraction of sp³-hybridized carbons (Fsp3) is 1.00. The molecule has 5 nitrogen and oxygen atoms in total. The lowest BCUT2D eigenvalue weighted by Gasteiger charge is -2.36. The topological polar surface area (TPSA) is 57.1 Å². The molecular formula is C9H21NO4S. The highest BCUT2D eigenvalue weighted by Gasteiger charge is 2.25. The van der Waals surface area contributed by atoms with Crippen molar-refractivity contribution in [2.75, 3.05) is 32.1 Å². The summed E-state index contributed by atoms with van der Waals surface area (Å²) in [5.74, 6) is 0.605. The highest BCUT2D eigenvalue weighted by molar-refractivity contribution is 8.21. The van der Waals surface area contributed by atoms with Gasteiger partial charge in [-0.3, -0.25) is 12.5 Å². The van der Waals surface area contributed by atoms with Crippen LogP contribution in [0.25, 0.3) is 0 Å². The Hall–Kier alpha value is -0.170. The maximum Gasteiger partial charge on any atom is 0.0887 e. The Kier molecular flexibility index (Phi) is 8.98. The Bertz CT molecular complexity index is 151. The molecule has 0 bridgehead atoms. The fourth-order valence-corrected chi connectivity index (χ4v) is 3.24. The van der Waals surface area contributed by atoms with Crippen LogP contribution in [0.5, 0.6) is 0 Å². The molecule has 0 aromatic rings. The van der Waals surface area contributed by atoms with E-state index in [0.717, 1.165) is 0 Å². The van der Waals surface area contributed by atoms with E-state index in [1.807, 2.05) is 20.8 Å². The Morgan fingerprint density at radius 2 is 1.47 bits per heavy atom. The van der Waals surface area contributed by atoms with Gasteiger partial charge in [-0.2, -0.15) is 4.91 Å². The van der Waals surface area contributed by atoms with Crippen molar-refractivity contribution >= 4 is 10.9 Å². The highest BCUT2D eigenvalue weighted by Crippen LogP contribution is 2.51. The van der Waals surface area contributed by atoms with E-state index in [2.05, 4.69) is 5.18 Å². The van der Waals surface area contributed by atoms with Gasteiger partial charge in [0.15, 0.2) is 0 Å². The van der Waals surface area contributed by atoms with Crippen molar-refractivity contribution in [2.45, 2.75) is 27.2 Å². The van der Waals surface area contributed by atoms with Crippen LogP contribution in [0.1, 0.15) is 27.2 Å². The Morgan fingerprint density at radius 1 is 1.00 bits per heavy atom. The number of hydrogen-bond donors (Lipinski definition) is 0. The SMILES string of the molecule is CCOS(CCCN=O)(OCC)OCC. The summed E-state index contributed by atoms with van der Waals surface area (Å²) in [6.07, 6.45) is 0.638. The van der Waals surface area contributed by atoms with Gasteiger partial charge in [0, 0.05) is 5.75 Å². The summed E-state index contributed by atoms with van der Waals surface area (Å²) >= 11 is 0. The van der Waals surface area contributed by atoms with Gasteiger partial charge >= 0.3 is 0 Å². The van der Waals surface area contributed by atoms with Crippen LogP contribution in [0.2, 0.25) is 0 Å². The van der Waals surface area contributed by atoms with Gasteiger partial charge in [-0.1, -0.05) is 5.18 Å². The van der Waals surface area contributed by atoms with Crippen molar-refractivity contribution in [1.29, 1.82) is 0 Å². The molecule has 0 radical (unpaired) electrons. The summed E-state index contributed by atoms with van der Waals surface area (Å²) in [5, 5.41) is 2.82. The van der Waals surface area contributed by atoms with Crippen LogP contribution in [0, 0.1) is 4.91 Å². The molecular weight excluding hydrogens is 218 g/mol. The maximum atomic E-state index is 10.0. The van der Waals surface area contributed by atoms with Gasteiger partial charge in [0.25, 0.3) is 0 Å². The predicted octanol–water partition coefficient (Wildman–Crippen LogP) is 2.80. The first-order valence-electron chi connectivity index (χ1n) is 5.27. The van der Waals surface area contributed by atoms with Crippen LogP contribution < -0.4 is 0 Å². The molecule has 0 aromatic heterocycles. The second-order valence-corrected chi connectivity index (χ2v) is 4.92. The molecule has 0 aliphatic rings. The van der Waals surface area contributed by atoms with E-state index in [1.54, 1.807) is 0 Å². The van der Waals surface area contributed by atoms with Gasteiger partial charge in [-0.25, -0.2) is 0 Å². The third kappa shape index (κ3) is 6.09. The number of nitrogens with zero attached hydrogens (tertiary/aromatic N) is 1. The van der Waals surface area contributed by atoms with E-state index in [4.69, 9.17) is 12.5 Å². The minimum Gasteiger partial charge on any atom is -0.293 e. The average Bonchev–Trinajstić information content (AvgIpc) is 2.19. The molecule has 0 amide bonds. The summed E-state index contributed by atoms with van der Waals surface area (Å²) in [4.78, 5) is 10.0. The lowest BCUT2D eigenvalue weighted by atomic mass is 10.5. The van der Waals surface area contributed by atoms with E-state index < -0.39 is 10.9 Å². The number of rotatable bonds is 10. The van der Waals surface area contributed by atoms with E-state index in [0.29, 0.717) is 32.0 Å². The van der Waals surface area contributed by atoms with Gasteiger partial charge in [0.1, 0.15) is 0 Å². The first kappa shape index (κ1) is 14.8. The standard InChI is InChI=1S/C9H21NO4S/c1-4-12-15(13-5-2,14-6-3)9-7-8-10-11/h4-9H2,1-3H3. The van der Waals surface area contributed by atoms with Gasteiger partial charge < -0.3 is 0 Å². The van der Waals surface area contributed by atoms with E-state index in [-0.39, 0.29) is 6.54 Å². The second kappa shape index (κ2) is 9.08.